The standard InChI is InChI=1S/C33H30ClN3O5S/c1-21(31(38)36-26-17-27(41-2)20-28(18-26)42-3)43-29-14-8-13-25(19-29)35-33(40)30(16-22-9-7-12-24(34)15-22)37-32(39)23-10-5-4-6-11-23/h4-21H,1-3H3,(H,35,40)(H,36,38)(H,37,39)/b30-16-. The second kappa shape index (κ2) is 14.9. The number of carbonyl (C=O) groups excluding carboxylic acids is 3. The number of hydrogen-bond donors (Lipinski definition) is 3. The third-order valence-corrected chi connectivity index (χ3v) is 7.41. The maximum atomic E-state index is 13.4. The number of benzene rings is 4. The largest absolute Gasteiger partial charge is 0.497 e. The van der Waals surface area contributed by atoms with Gasteiger partial charge in [0.2, 0.25) is 5.91 Å². The summed E-state index contributed by atoms with van der Waals surface area (Å²) in [4.78, 5) is 40.0. The Morgan fingerprint density at radius 1 is 0.791 bits per heavy atom. The predicted octanol–water partition coefficient (Wildman–Crippen LogP) is 6.89. The minimum absolute atomic E-state index is 0.0376. The van der Waals surface area contributed by atoms with Crippen molar-refractivity contribution in [2.75, 3.05) is 24.9 Å². The molecule has 10 heteroatoms. The fourth-order valence-corrected chi connectivity index (χ4v) is 5.06. The average molecular weight is 616 g/mol. The fraction of sp³-hybridized carbons (Fsp3) is 0.121. The van der Waals surface area contributed by atoms with Gasteiger partial charge in [0.05, 0.1) is 19.5 Å². The number of ether oxygens (including phenoxy) is 2. The summed E-state index contributed by atoms with van der Waals surface area (Å²) in [6, 6.07) is 27.8. The fourth-order valence-electron chi connectivity index (χ4n) is 3.93. The second-order valence-corrected chi connectivity index (χ2v) is 11.1. The molecule has 0 aliphatic heterocycles. The normalized spacial score (nSPS) is 11.7. The Labute approximate surface area is 259 Å². The van der Waals surface area contributed by atoms with Crippen LogP contribution in [0.15, 0.2) is 108 Å². The van der Waals surface area contributed by atoms with Crippen LogP contribution < -0.4 is 25.4 Å². The number of anilines is 2. The number of hydrogen-bond acceptors (Lipinski definition) is 6. The monoisotopic (exact) mass is 615 g/mol. The molecular weight excluding hydrogens is 586 g/mol. The number of rotatable bonds is 11. The van der Waals surface area contributed by atoms with Crippen LogP contribution in [-0.4, -0.2) is 37.2 Å². The van der Waals surface area contributed by atoms with Crippen LogP contribution in [0.4, 0.5) is 11.4 Å². The van der Waals surface area contributed by atoms with Crippen molar-refractivity contribution in [3.63, 3.8) is 0 Å². The lowest BCUT2D eigenvalue weighted by molar-refractivity contribution is -0.115. The Hall–Kier alpha value is -4.73. The summed E-state index contributed by atoms with van der Waals surface area (Å²) in [6.07, 6.45) is 1.56. The van der Waals surface area contributed by atoms with Gasteiger partial charge in [-0.1, -0.05) is 48.0 Å². The molecule has 0 bridgehead atoms. The minimum Gasteiger partial charge on any atom is -0.497 e. The van der Waals surface area contributed by atoms with Crippen molar-refractivity contribution in [1.29, 1.82) is 0 Å². The van der Waals surface area contributed by atoms with Gasteiger partial charge in [0.1, 0.15) is 17.2 Å². The number of halogens is 1. The minimum atomic E-state index is -0.524. The van der Waals surface area contributed by atoms with Crippen LogP contribution in [0.3, 0.4) is 0 Å². The lowest BCUT2D eigenvalue weighted by Gasteiger charge is -2.15. The Morgan fingerprint density at radius 3 is 2.16 bits per heavy atom. The Bertz CT molecular complexity index is 1620. The average Bonchev–Trinajstić information content (AvgIpc) is 3.01. The molecule has 0 aromatic heterocycles. The Balaban J connectivity index is 1.47. The molecule has 4 aromatic carbocycles. The quantitative estimate of drug-likeness (QED) is 0.125. The molecule has 0 saturated heterocycles. The van der Waals surface area contributed by atoms with Gasteiger partial charge in [-0.2, -0.15) is 0 Å². The van der Waals surface area contributed by atoms with Gasteiger partial charge >= 0.3 is 0 Å². The summed E-state index contributed by atoms with van der Waals surface area (Å²) >= 11 is 7.46. The zero-order valence-electron chi connectivity index (χ0n) is 23.7. The molecule has 3 N–H and O–H groups in total. The molecule has 4 aromatic rings. The summed E-state index contributed by atoms with van der Waals surface area (Å²) < 4.78 is 10.5. The molecule has 0 saturated carbocycles. The van der Waals surface area contributed by atoms with Crippen LogP contribution in [-0.2, 0) is 9.59 Å². The number of thioether (sulfide) groups is 1. The lowest BCUT2D eigenvalue weighted by Crippen LogP contribution is -2.30. The highest BCUT2D eigenvalue weighted by Gasteiger charge is 2.18. The highest BCUT2D eigenvalue weighted by molar-refractivity contribution is 8.00. The molecule has 0 aliphatic rings. The van der Waals surface area contributed by atoms with E-state index in [9.17, 15) is 14.4 Å². The molecule has 220 valence electrons. The molecule has 43 heavy (non-hydrogen) atoms. The molecule has 0 radical (unpaired) electrons. The van der Waals surface area contributed by atoms with Crippen LogP contribution in [0, 0.1) is 0 Å². The maximum absolute atomic E-state index is 13.4. The number of amides is 3. The molecular formula is C33H30ClN3O5S. The molecule has 1 atom stereocenters. The van der Waals surface area contributed by atoms with Crippen LogP contribution in [0.25, 0.3) is 6.08 Å². The molecule has 8 nitrogen and oxygen atoms in total. The van der Waals surface area contributed by atoms with E-state index in [1.165, 1.54) is 26.0 Å². The van der Waals surface area contributed by atoms with E-state index < -0.39 is 17.1 Å². The first kappa shape index (κ1) is 31.2. The second-order valence-electron chi connectivity index (χ2n) is 9.27. The molecule has 0 aliphatic carbocycles. The van der Waals surface area contributed by atoms with Crippen molar-refractivity contribution >= 4 is 58.5 Å². The summed E-state index contributed by atoms with van der Waals surface area (Å²) in [5.74, 6) is -0.0552. The summed E-state index contributed by atoms with van der Waals surface area (Å²) in [6.45, 7) is 1.79. The van der Waals surface area contributed by atoms with E-state index in [1.54, 1.807) is 104 Å². The smallest absolute Gasteiger partial charge is 0.272 e. The highest BCUT2D eigenvalue weighted by atomic mass is 35.5. The molecule has 3 amide bonds. The van der Waals surface area contributed by atoms with Gasteiger partial charge in [-0.15, -0.1) is 11.8 Å². The van der Waals surface area contributed by atoms with E-state index in [0.717, 1.165) is 4.90 Å². The highest BCUT2D eigenvalue weighted by Crippen LogP contribution is 2.29. The third-order valence-electron chi connectivity index (χ3n) is 6.08. The van der Waals surface area contributed by atoms with Crippen molar-refractivity contribution in [2.24, 2.45) is 0 Å². The van der Waals surface area contributed by atoms with Crippen molar-refractivity contribution in [1.82, 2.24) is 5.32 Å². The summed E-state index contributed by atoms with van der Waals surface area (Å²) in [5.41, 5.74) is 2.13. The zero-order chi connectivity index (χ0) is 30.8. The van der Waals surface area contributed by atoms with E-state index >= 15 is 0 Å². The molecule has 4 rings (SSSR count). The van der Waals surface area contributed by atoms with Crippen molar-refractivity contribution in [3.05, 3.63) is 119 Å². The van der Waals surface area contributed by atoms with E-state index in [1.807, 2.05) is 6.07 Å². The van der Waals surface area contributed by atoms with Gasteiger partial charge in [0, 0.05) is 45.1 Å². The Morgan fingerprint density at radius 2 is 1.49 bits per heavy atom. The first-order chi connectivity index (χ1) is 20.7. The van der Waals surface area contributed by atoms with Gasteiger partial charge in [-0.25, -0.2) is 0 Å². The Kier molecular flexibility index (Phi) is 10.9. The van der Waals surface area contributed by atoms with E-state index in [2.05, 4.69) is 16.0 Å². The first-order valence-corrected chi connectivity index (χ1v) is 14.5. The summed E-state index contributed by atoms with van der Waals surface area (Å²) in [7, 11) is 3.08. The van der Waals surface area contributed by atoms with Crippen LogP contribution in [0.1, 0.15) is 22.8 Å². The number of methoxy groups -OCH3 is 2. The van der Waals surface area contributed by atoms with Crippen LogP contribution in [0.2, 0.25) is 5.02 Å². The lowest BCUT2D eigenvalue weighted by atomic mass is 10.1. The van der Waals surface area contributed by atoms with Crippen molar-refractivity contribution in [2.45, 2.75) is 17.1 Å². The zero-order valence-corrected chi connectivity index (χ0v) is 25.3. The van der Waals surface area contributed by atoms with Gasteiger partial charge in [0.15, 0.2) is 0 Å². The van der Waals surface area contributed by atoms with Crippen molar-refractivity contribution in [3.8, 4) is 11.5 Å². The molecule has 0 fully saturated rings. The van der Waals surface area contributed by atoms with Crippen LogP contribution in [0.5, 0.6) is 11.5 Å². The van der Waals surface area contributed by atoms with Crippen LogP contribution >= 0.6 is 23.4 Å². The SMILES string of the molecule is COc1cc(NC(=O)C(C)Sc2cccc(NC(=O)/C(=C/c3cccc(Cl)c3)NC(=O)c3ccccc3)c2)cc(OC)c1. The predicted molar refractivity (Wildman–Crippen MR) is 172 cm³/mol. The topological polar surface area (TPSA) is 106 Å². The number of carbonyl (C=O) groups is 3. The van der Waals surface area contributed by atoms with E-state index in [-0.39, 0.29) is 11.6 Å². The van der Waals surface area contributed by atoms with Gasteiger partial charge < -0.3 is 25.4 Å². The first-order valence-electron chi connectivity index (χ1n) is 13.2. The molecule has 0 heterocycles. The summed E-state index contributed by atoms with van der Waals surface area (Å²) in [5, 5.41) is 8.47. The van der Waals surface area contributed by atoms with E-state index in [0.29, 0.717) is 39.0 Å². The van der Waals surface area contributed by atoms with Gasteiger partial charge in [-0.3, -0.25) is 14.4 Å². The molecule has 0 spiro atoms. The van der Waals surface area contributed by atoms with E-state index in [4.69, 9.17) is 21.1 Å². The van der Waals surface area contributed by atoms with Crippen molar-refractivity contribution < 1.29 is 23.9 Å². The van der Waals surface area contributed by atoms with Gasteiger partial charge in [0.25, 0.3) is 11.8 Å². The molecule has 1 unspecified atom stereocenters. The number of nitrogens with one attached hydrogen (secondary N) is 3. The maximum Gasteiger partial charge on any atom is 0.272 e. The third kappa shape index (κ3) is 9.13. The van der Waals surface area contributed by atoms with Gasteiger partial charge in [-0.05, 0) is 61.0 Å².